The van der Waals surface area contributed by atoms with E-state index in [-0.39, 0.29) is 5.91 Å². The molecular formula is C12H22N2O. The average molecular weight is 210 g/mol. The topological polar surface area (TPSA) is 32.3 Å². The van der Waals surface area contributed by atoms with Crippen molar-refractivity contribution in [3.05, 3.63) is 0 Å². The van der Waals surface area contributed by atoms with Crippen LogP contribution in [0, 0.1) is 0 Å². The van der Waals surface area contributed by atoms with Crippen molar-refractivity contribution < 1.29 is 4.79 Å². The van der Waals surface area contributed by atoms with Crippen LogP contribution >= 0.6 is 0 Å². The molecule has 1 amide bonds. The summed E-state index contributed by atoms with van der Waals surface area (Å²) in [6.07, 6.45) is 6.72. The van der Waals surface area contributed by atoms with E-state index in [2.05, 4.69) is 17.1 Å². The third-order valence-electron chi connectivity index (χ3n) is 3.43. The summed E-state index contributed by atoms with van der Waals surface area (Å²) in [5.41, 5.74) is 0. The number of likely N-dealkylation sites (tertiary alicyclic amines) is 1. The molecule has 1 N–H and O–H groups in total. The van der Waals surface area contributed by atoms with Gasteiger partial charge in [-0.25, -0.2) is 0 Å². The molecule has 0 unspecified atom stereocenters. The first kappa shape index (κ1) is 10.9. The summed E-state index contributed by atoms with van der Waals surface area (Å²) >= 11 is 0. The monoisotopic (exact) mass is 210 g/mol. The molecule has 2 rings (SSSR count). The normalized spacial score (nSPS) is 24.1. The Hall–Kier alpha value is -0.570. The van der Waals surface area contributed by atoms with Crippen molar-refractivity contribution in [2.45, 2.75) is 57.5 Å². The van der Waals surface area contributed by atoms with Crippen LogP contribution in [0.5, 0.6) is 0 Å². The molecule has 0 aromatic rings. The number of carbonyl (C=O) groups excluding carboxylic acids is 1. The van der Waals surface area contributed by atoms with E-state index in [1.807, 2.05) is 0 Å². The Morgan fingerprint density at radius 3 is 2.47 bits per heavy atom. The van der Waals surface area contributed by atoms with Crippen LogP contribution in [-0.4, -0.2) is 36.0 Å². The van der Waals surface area contributed by atoms with E-state index in [1.165, 1.54) is 25.9 Å². The van der Waals surface area contributed by atoms with E-state index in [0.717, 1.165) is 25.3 Å². The molecule has 0 aromatic carbocycles. The van der Waals surface area contributed by atoms with Gasteiger partial charge in [-0.05, 0) is 32.1 Å². The van der Waals surface area contributed by atoms with Gasteiger partial charge in [0.1, 0.15) is 0 Å². The molecule has 15 heavy (non-hydrogen) atoms. The van der Waals surface area contributed by atoms with Crippen LogP contribution in [0.3, 0.4) is 0 Å². The summed E-state index contributed by atoms with van der Waals surface area (Å²) in [7, 11) is 0. The molecule has 3 heteroatoms. The summed E-state index contributed by atoms with van der Waals surface area (Å²) in [5.74, 6) is 0.238. The van der Waals surface area contributed by atoms with Crippen molar-refractivity contribution in [1.82, 2.24) is 10.2 Å². The first-order valence-corrected chi connectivity index (χ1v) is 6.33. The van der Waals surface area contributed by atoms with Gasteiger partial charge in [0, 0.05) is 31.6 Å². The fraction of sp³-hybridized carbons (Fsp3) is 0.917. The van der Waals surface area contributed by atoms with Gasteiger partial charge in [0.2, 0.25) is 5.91 Å². The van der Waals surface area contributed by atoms with Crippen LogP contribution in [0.4, 0.5) is 0 Å². The first-order valence-electron chi connectivity index (χ1n) is 6.33. The highest BCUT2D eigenvalue weighted by Crippen LogP contribution is 2.29. The van der Waals surface area contributed by atoms with E-state index in [1.54, 1.807) is 0 Å². The minimum absolute atomic E-state index is 0.238. The highest BCUT2D eigenvalue weighted by Gasteiger charge is 2.31. The Balaban J connectivity index is 1.66. The smallest absolute Gasteiger partial charge is 0.220 e. The highest BCUT2D eigenvalue weighted by molar-refractivity contribution is 5.76. The first-order chi connectivity index (χ1) is 7.29. The number of hydrogen-bond donors (Lipinski definition) is 1. The van der Waals surface area contributed by atoms with Gasteiger partial charge in [0.05, 0.1) is 0 Å². The Morgan fingerprint density at radius 2 is 1.93 bits per heavy atom. The standard InChI is InChI=1S/C12H22N2O/c1-2-3-12(15)13-10-6-8-14(9-7-10)11-4-5-11/h10-11H,2-9H2,1H3,(H,13,15). The summed E-state index contributed by atoms with van der Waals surface area (Å²) in [6.45, 7) is 4.42. The van der Waals surface area contributed by atoms with Gasteiger partial charge in [0.25, 0.3) is 0 Å². The molecule has 2 aliphatic rings. The van der Waals surface area contributed by atoms with E-state index in [9.17, 15) is 4.79 Å². The van der Waals surface area contributed by atoms with Crippen molar-refractivity contribution in [1.29, 1.82) is 0 Å². The molecule has 0 bridgehead atoms. The van der Waals surface area contributed by atoms with E-state index >= 15 is 0 Å². The summed E-state index contributed by atoms with van der Waals surface area (Å²) in [6, 6.07) is 1.33. The summed E-state index contributed by atoms with van der Waals surface area (Å²) in [5, 5.41) is 3.13. The molecule has 1 saturated heterocycles. The minimum atomic E-state index is 0.238. The van der Waals surface area contributed by atoms with Gasteiger partial charge in [-0.3, -0.25) is 4.79 Å². The van der Waals surface area contributed by atoms with Gasteiger partial charge in [-0.15, -0.1) is 0 Å². The van der Waals surface area contributed by atoms with Gasteiger partial charge in [-0.1, -0.05) is 6.92 Å². The Labute approximate surface area is 92.2 Å². The number of piperidine rings is 1. The number of rotatable bonds is 4. The second kappa shape index (κ2) is 4.97. The quantitative estimate of drug-likeness (QED) is 0.763. The van der Waals surface area contributed by atoms with Crippen molar-refractivity contribution in [3.8, 4) is 0 Å². The van der Waals surface area contributed by atoms with E-state index < -0.39 is 0 Å². The molecule has 0 aromatic heterocycles. The molecule has 1 aliphatic heterocycles. The molecule has 0 atom stereocenters. The van der Waals surface area contributed by atoms with Crippen molar-refractivity contribution >= 4 is 5.91 Å². The van der Waals surface area contributed by atoms with Crippen molar-refractivity contribution in [2.24, 2.45) is 0 Å². The van der Waals surface area contributed by atoms with Gasteiger partial charge in [0.15, 0.2) is 0 Å². The maximum Gasteiger partial charge on any atom is 0.220 e. The van der Waals surface area contributed by atoms with E-state index in [0.29, 0.717) is 12.5 Å². The second-order valence-corrected chi connectivity index (χ2v) is 4.86. The highest BCUT2D eigenvalue weighted by atomic mass is 16.1. The lowest BCUT2D eigenvalue weighted by Crippen LogP contribution is -2.45. The molecule has 1 saturated carbocycles. The maximum absolute atomic E-state index is 11.4. The fourth-order valence-electron chi connectivity index (χ4n) is 2.38. The maximum atomic E-state index is 11.4. The Bertz CT molecular complexity index is 218. The van der Waals surface area contributed by atoms with Crippen LogP contribution in [0.25, 0.3) is 0 Å². The lowest BCUT2D eigenvalue weighted by Gasteiger charge is -2.32. The Kier molecular flexibility index (Phi) is 3.62. The van der Waals surface area contributed by atoms with Gasteiger partial charge >= 0.3 is 0 Å². The van der Waals surface area contributed by atoms with Crippen LogP contribution < -0.4 is 5.32 Å². The molecule has 2 fully saturated rings. The summed E-state index contributed by atoms with van der Waals surface area (Å²) < 4.78 is 0. The lowest BCUT2D eigenvalue weighted by atomic mass is 10.0. The lowest BCUT2D eigenvalue weighted by molar-refractivity contribution is -0.122. The summed E-state index contributed by atoms with van der Waals surface area (Å²) in [4.78, 5) is 14.0. The number of carbonyl (C=O) groups is 1. The van der Waals surface area contributed by atoms with E-state index in [4.69, 9.17) is 0 Å². The number of hydrogen-bond acceptors (Lipinski definition) is 2. The molecule has 3 nitrogen and oxygen atoms in total. The zero-order chi connectivity index (χ0) is 10.7. The van der Waals surface area contributed by atoms with Gasteiger partial charge in [-0.2, -0.15) is 0 Å². The molecule has 86 valence electrons. The van der Waals surface area contributed by atoms with Crippen LogP contribution in [0.1, 0.15) is 45.4 Å². The predicted octanol–water partition coefficient (Wildman–Crippen LogP) is 1.53. The average Bonchev–Trinajstić information content (AvgIpc) is 3.03. The van der Waals surface area contributed by atoms with Crippen LogP contribution in [0.15, 0.2) is 0 Å². The third kappa shape index (κ3) is 3.20. The fourth-order valence-corrected chi connectivity index (χ4v) is 2.38. The SMILES string of the molecule is CCCC(=O)NC1CCN(C2CC2)CC1. The zero-order valence-corrected chi connectivity index (χ0v) is 9.67. The number of amides is 1. The van der Waals surface area contributed by atoms with Crippen molar-refractivity contribution in [3.63, 3.8) is 0 Å². The zero-order valence-electron chi connectivity index (χ0n) is 9.67. The Morgan fingerprint density at radius 1 is 1.27 bits per heavy atom. The van der Waals surface area contributed by atoms with Crippen molar-refractivity contribution in [2.75, 3.05) is 13.1 Å². The van der Waals surface area contributed by atoms with Crippen LogP contribution in [-0.2, 0) is 4.79 Å². The molecule has 0 spiro atoms. The largest absolute Gasteiger partial charge is 0.353 e. The van der Waals surface area contributed by atoms with Gasteiger partial charge < -0.3 is 10.2 Å². The van der Waals surface area contributed by atoms with Crippen LogP contribution in [0.2, 0.25) is 0 Å². The number of nitrogens with one attached hydrogen (secondary N) is 1. The molecule has 1 aliphatic carbocycles. The minimum Gasteiger partial charge on any atom is -0.353 e. The predicted molar refractivity (Wildman–Crippen MR) is 60.7 cm³/mol. The third-order valence-corrected chi connectivity index (χ3v) is 3.43. The molecule has 1 heterocycles. The number of nitrogens with zero attached hydrogens (tertiary/aromatic N) is 1. The second-order valence-electron chi connectivity index (χ2n) is 4.86. The molecule has 0 radical (unpaired) electrons. The molecular weight excluding hydrogens is 188 g/mol.